The summed E-state index contributed by atoms with van der Waals surface area (Å²) >= 11 is 0. The van der Waals surface area contributed by atoms with Gasteiger partial charge in [0.25, 0.3) is 0 Å². The fraction of sp³-hybridized carbons (Fsp3) is 0.318. The minimum absolute atomic E-state index is 0.0925. The number of methoxy groups -OCH3 is 1. The molecule has 2 aromatic rings. The van der Waals surface area contributed by atoms with Crippen LogP contribution in [-0.4, -0.2) is 37.8 Å². The highest BCUT2D eigenvalue weighted by Crippen LogP contribution is 2.45. The number of halogens is 3. The summed E-state index contributed by atoms with van der Waals surface area (Å²) in [6.45, 7) is 3.04. The lowest BCUT2D eigenvalue weighted by molar-refractivity contribution is -0.225. The van der Waals surface area contributed by atoms with Gasteiger partial charge in [0.15, 0.2) is 11.3 Å². The first-order valence-electron chi connectivity index (χ1n) is 9.61. The van der Waals surface area contributed by atoms with Crippen LogP contribution in [0.5, 0.6) is 0 Å². The maximum Gasteiger partial charge on any atom is 0.416 e. The van der Waals surface area contributed by atoms with E-state index < -0.39 is 29.3 Å². The SMILES string of the molecule is CO/N=C(/C(=NC(C)=O)OC)c1ccccc1C1(c2cccc(C(F)(F)F)c2)ONC1C. The summed E-state index contributed by atoms with van der Waals surface area (Å²) in [6.07, 6.45) is -4.52. The molecule has 1 fully saturated rings. The molecule has 3 rings (SSSR count). The molecule has 1 aliphatic rings. The molecule has 0 radical (unpaired) electrons. The number of nitrogens with one attached hydrogen (secondary N) is 1. The molecule has 1 amide bonds. The zero-order valence-electron chi connectivity index (χ0n) is 17.9. The molecule has 0 saturated carbocycles. The van der Waals surface area contributed by atoms with Crippen LogP contribution in [0.2, 0.25) is 0 Å². The van der Waals surface area contributed by atoms with Gasteiger partial charge in [0, 0.05) is 18.1 Å². The summed E-state index contributed by atoms with van der Waals surface area (Å²) < 4.78 is 45.5. The van der Waals surface area contributed by atoms with Crippen molar-refractivity contribution in [3.8, 4) is 0 Å². The van der Waals surface area contributed by atoms with Crippen molar-refractivity contribution in [2.75, 3.05) is 14.2 Å². The molecule has 0 bridgehead atoms. The second kappa shape index (κ2) is 9.09. The quantitative estimate of drug-likeness (QED) is 0.427. The number of oxime groups is 1. The lowest BCUT2D eigenvalue weighted by atomic mass is 9.76. The minimum Gasteiger partial charge on any atom is -0.479 e. The van der Waals surface area contributed by atoms with E-state index in [9.17, 15) is 18.0 Å². The van der Waals surface area contributed by atoms with Crippen LogP contribution in [0.15, 0.2) is 58.7 Å². The second-order valence-corrected chi connectivity index (χ2v) is 7.06. The molecular weight excluding hydrogens is 427 g/mol. The van der Waals surface area contributed by atoms with E-state index in [-0.39, 0.29) is 11.6 Å². The summed E-state index contributed by atoms with van der Waals surface area (Å²) in [6, 6.07) is 11.4. The molecule has 1 saturated heterocycles. The van der Waals surface area contributed by atoms with Gasteiger partial charge < -0.3 is 9.57 Å². The smallest absolute Gasteiger partial charge is 0.416 e. The van der Waals surface area contributed by atoms with Crippen LogP contribution < -0.4 is 5.48 Å². The van der Waals surface area contributed by atoms with E-state index in [4.69, 9.17) is 14.4 Å². The Morgan fingerprint density at radius 1 is 1.16 bits per heavy atom. The Kier molecular flexibility index (Phi) is 6.65. The minimum atomic E-state index is -4.52. The van der Waals surface area contributed by atoms with Gasteiger partial charge in [-0.1, -0.05) is 41.6 Å². The summed E-state index contributed by atoms with van der Waals surface area (Å²) in [4.78, 5) is 26.2. The van der Waals surface area contributed by atoms with Gasteiger partial charge in [-0.2, -0.15) is 23.6 Å². The Morgan fingerprint density at radius 3 is 2.41 bits per heavy atom. The third-order valence-corrected chi connectivity index (χ3v) is 5.05. The average molecular weight is 449 g/mol. The number of hydroxylamine groups is 1. The number of amides is 1. The number of alkyl halides is 3. The van der Waals surface area contributed by atoms with Crippen molar-refractivity contribution >= 4 is 17.5 Å². The number of carbonyl (C=O) groups excluding carboxylic acids is 1. The van der Waals surface area contributed by atoms with E-state index in [0.29, 0.717) is 16.7 Å². The molecule has 2 aromatic carbocycles. The first-order valence-corrected chi connectivity index (χ1v) is 9.61. The molecule has 0 spiro atoms. The first kappa shape index (κ1) is 23.4. The molecule has 0 aliphatic carbocycles. The molecule has 0 aromatic heterocycles. The third-order valence-electron chi connectivity index (χ3n) is 5.05. The highest BCUT2D eigenvalue weighted by atomic mass is 19.4. The van der Waals surface area contributed by atoms with Crippen LogP contribution in [0.4, 0.5) is 13.2 Å². The number of ether oxygens (including phenoxy) is 1. The molecule has 2 atom stereocenters. The van der Waals surface area contributed by atoms with Gasteiger partial charge >= 0.3 is 6.18 Å². The molecule has 10 heteroatoms. The number of hydrogen-bond acceptors (Lipinski definition) is 6. The highest BCUT2D eigenvalue weighted by molar-refractivity contribution is 6.46. The summed E-state index contributed by atoms with van der Waals surface area (Å²) in [7, 11) is 2.64. The van der Waals surface area contributed by atoms with E-state index in [1.807, 2.05) is 0 Å². The van der Waals surface area contributed by atoms with Gasteiger partial charge in [0.05, 0.1) is 18.7 Å². The van der Waals surface area contributed by atoms with E-state index >= 15 is 0 Å². The number of rotatable bonds is 5. The zero-order chi connectivity index (χ0) is 23.5. The lowest BCUT2D eigenvalue weighted by Gasteiger charge is -2.49. The van der Waals surface area contributed by atoms with E-state index in [2.05, 4.69) is 15.6 Å². The number of benzene rings is 2. The molecule has 32 heavy (non-hydrogen) atoms. The summed E-state index contributed by atoms with van der Waals surface area (Å²) in [5, 5.41) is 3.98. The Balaban J connectivity index is 2.25. The molecular formula is C22H22F3N3O4. The number of hydrogen-bond donors (Lipinski definition) is 1. The molecule has 7 nitrogen and oxygen atoms in total. The topological polar surface area (TPSA) is 81.5 Å². The van der Waals surface area contributed by atoms with Gasteiger partial charge in [-0.05, 0) is 24.6 Å². The van der Waals surface area contributed by atoms with Crippen molar-refractivity contribution in [2.45, 2.75) is 31.7 Å². The van der Waals surface area contributed by atoms with Crippen molar-refractivity contribution in [3.05, 3.63) is 70.8 Å². The number of carbonyl (C=O) groups is 1. The van der Waals surface area contributed by atoms with Crippen LogP contribution in [0.25, 0.3) is 0 Å². The molecule has 170 valence electrons. The molecule has 2 unspecified atom stereocenters. The lowest BCUT2D eigenvalue weighted by Crippen LogP contribution is -2.63. The molecule has 1 aliphatic heterocycles. The van der Waals surface area contributed by atoms with Gasteiger partial charge in [0.2, 0.25) is 11.8 Å². The van der Waals surface area contributed by atoms with E-state index in [0.717, 1.165) is 12.1 Å². The van der Waals surface area contributed by atoms with E-state index in [1.54, 1.807) is 37.3 Å². The van der Waals surface area contributed by atoms with Crippen molar-refractivity contribution in [3.63, 3.8) is 0 Å². The van der Waals surface area contributed by atoms with Gasteiger partial charge in [-0.25, -0.2) is 0 Å². The van der Waals surface area contributed by atoms with Gasteiger partial charge in [-0.15, -0.1) is 0 Å². The van der Waals surface area contributed by atoms with Crippen molar-refractivity contribution in [1.82, 2.24) is 5.48 Å². The predicted octanol–water partition coefficient (Wildman–Crippen LogP) is 3.81. The fourth-order valence-electron chi connectivity index (χ4n) is 3.62. The predicted molar refractivity (Wildman–Crippen MR) is 111 cm³/mol. The van der Waals surface area contributed by atoms with Crippen LogP contribution in [0, 0.1) is 0 Å². The third kappa shape index (κ3) is 4.23. The van der Waals surface area contributed by atoms with Crippen LogP contribution >= 0.6 is 0 Å². The summed E-state index contributed by atoms with van der Waals surface area (Å²) in [5.41, 5.74) is 1.99. The van der Waals surface area contributed by atoms with Crippen molar-refractivity contribution < 1.29 is 32.4 Å². The fourth-order valence-corrected chi connectivity index (χ4v) is 3.62. The van der Waals surface area contributed by atoms with E-state index in [1.165, 1.54) is 27.2 Å². The molecule has 1 N–H and O–H groups in total. The normalized spacial score (nSPS) is 21.7. The maximum atomic E-state index is 13.4. The van der Waals surface area contributed by atoms with Gasteiger partial charge in [0.1, 0.15) is 7.11 Å². The Labute approximate surface area is 182 Å². The standard InChI is InChI=1S/C22H22F3N3O4/c1-13-21(32-27-13,15-8-7-9-16(12-15)22(23,24)25)18-11-6-5-10-17(18)19(28-31-4)20(30-3)26-14(2)29/h5-13,27H,1-4H3/b26-20?,28-19+. The number of aliphatic imine (C=N–C) groups is 1. The van der Waals surface area contributed by atoms with Crippen LogP contribution in [0.3, 0.4) is 0 Å². The van der Waals surface area contributed by atoms with Crippen molar-refractivity contribution in [2.24, 2.45) is 10.1 Å². The van der Waals surface area contributed by atoms with Crippen LogP contribution in [-0.2, 0) is 31.0 Å². The second-order valence-electron chi connectivity index (χ2n) is 7.06. The van der Waals surface area contributed by atoms with Crippen molar-refractivity contribution in [1.29, 1.82) is 0 Å². The monoisotopic (exact) mass is 449 g/mol. The van der Waals surface area contributed by atoms with Gasteiger partial charge in [-0.3, -0.25) is 9.63 Å². The zero-order valence-corrected chi connectivity index (χ0v) is 17.9. The van der Waals surface area contributed by atoms with Crippen LogP contribution in [0.1, 0.15) is 36.1 Å². The Hall–Kier alpha value is -3.24. The first-order chi connectivity index (χ1) is 15.1. The summed E-state index contributed by atoms with van der Waals surface area (Å²) in [5.74, 6) is -0.628. The number of nitrogens with zero attached hydrogens (tertiary/aromatic N) is 2. The molecule has 1 heterocycles. The Morgan fingerprint density at radius 2 is 1.88 bits per heavy atom. The largest absolute Gasteiger partial charge is 0.479 e. The Bertz CT molecular complexity index is 1070. The maximum absolute atomic E-state index is 13.4. The highest BCUT2D eigenvalue weighted by Gasteiger charge is 2.51. The average Bonchev–Trinajstić information content (AvgIpc) is 2.75.